The summed E-state index contributed by atoms with van der Waals surface area (Å²) in [6.45, 7) is 0.493. The Kier molecular flexibility index (Phi) is 3.91. The van der Waals surface area contributed by atoms with Crippen LogP contribution in [-0.4, -0.2) is 16.8 Å². The van der Waals surface area contributed by atoms with Gasteiger partial charge in [-0.05, 0) is 17.7 Å². The maximum atomic E-state index is 12.3. The monoisotopic (exact) mass is 342 g/mol. The zero-order valence-electron chi connectivity index (χ0n) is 10.9. The molecular weight excluding hydrogens is 331 g/mol. The van der Waals surface area contributed by atoms with Crippen molar-refractivity contribution in [2.24, 2.45) is 5.92 Å². The number of benzene rings is 1. The van der Waals surface area contributed by atoms with E-state index in [9.17, 15) is 4.79 Å². The van der Waals surface area contributed by atoms with Crippen molar-refractivity contribution in [2.75, 3.05) is 6.54 Å². The van der Waals surface area contributed by atoms with Gasteiger partial charge >= 0.3 is 0 Å². The quantitative estimate of drug-likeness (QED) is 0.827. The van der Waals surface area contributed by atoms with Crippen molar-refractivity contribution in [1.82, 2.24) is 10.6 Å². The Balaban J connectivity index is 1.71. The van der Waals surface area contributed by atoms with Crippen LogP contribution in [0.15, 0.2) is 53.3 Å². The van der Waals surface area contributed by atoms with Gasteiger partial charge < -0.3 is 10.6 Å². The molecule has 0 bridgehead atoms. The van der Waals surface area contributed by atoms with E-state index in [1.807, 2.05) is 30.3 Å². The number of alkyl halides is 2. The number of allylic oxidation sites excluding steroid dienone is 2. The smallest absolute Gasteiger partial charge is 0.232 e. The molecule has 3 nitrogen and oxygen atoms in total. The molecule has 1 aliphatic carbocycles. The Morgan fingerprint density at radius 1 is 1.24 bits per heavy atom. The molecule has 1 fully saturated rings. The molecule has 1 aliphatic heterocycles. The van der Waals surface area contributed by atoms with Crippen LogP contribution in [0.2, 0.25) is 0 Å². The van der Waals surface area contributed by atoms with Gasteiger partial charge in [-0.3, -0.25) is 4.79 Å². The summed E-state index contributed by atoms with van der Waals surface area (Å²) >= 11 is 18.4. The predicted molar refractivity (Wildman–Crippen MR) is 85.3 cm³/mol. The zero-order valence-corrected chi connectivity index (χ0v) is 13.2. The highest BCUT2D eigenvalue weighted by Gasteiger charge is 2.67. The van der Waals surface area contributed by atoms with Crippen molar-refractivity contribution in [3.8, 4) is 0 Å². The first-order valence-electron chi connectivity index (χ1n) is 6.54. The standard InChI is InChI=1S/C15H13Cl3N2O/c16-10-6-7-11(19-8-10)20-14(21)13-12(15(13,17)18)9-4-2-1-3-5-9/h1-7,12-13,19H,8H2,(H,20,21). The summed E-state index contributed by atoms with van der Waals surface area (Å²) in [5, 5.41) is 6.49. The molecule has 2 N–H and O–H groups in total. The second-order valence-corrected chi connectivity index (χ2v) is 7.01. The van der Waals surface area contributed by atoms with Crippen molar-refractivity contribution < 1.29 is 4.79 Å². The lowest BCUT2D eigenvalue weighted by molar-refractivity contribution is -0.121. The fraction of sp³-hybridized carbons (Fsp3) is 0.267. The molecule has 1 amide bonds. The Morgan fingerprint density at radius 2 is 1.95 bits per heavy atom. The average Bonchev–Trinajstić information content (AvgIpc) is 3.05. The van der Waals surface area contributed by atoms with Crippen LogP contribution >= 0.6 is 34.8 Å². The molecule has 2 aliphatic rings. The molecule has 0 radical (unpaired) electrons. The summed E-state index contributed by atoms with van der Waals surface area (Å²) in [7, 11) is 0. The van der Waals surface area contributed by atoms with Crippen molar-refractivity contribution in [3.63, 3.8) is 0 Å². The Bertz CT molecular complexity index is 625. The van der Waals surface area contributed by atoms with E-state index in [1.54, 1.807) is 12.2 Å². The van der Waals surface area contributed by atoms with Gasteiger partial charge in [-0.1, -0.05) is 41.9 Å². The minimum atomic E-state index is -1.06. The number of carbonyl (C=O) groups is 1. The van der Waals surface area contributed by atoms with E-state index in [4.69, 9.17) is 34.8 Å². The molecule has 0 saturated heterocycles. The van der Waals surface area contributed by atoms with Crippen LogP contribution in [0.25, 0.3) is 0 Å². The van der Waals surface area contributed by atoms with E-state index in [1.165, 1.54) is 0 Å². The van der Waals surface area contributed by atoms with Crippen LogP contribution < -0.4 is 10.6 Å². The largest absolute Gasteiger partial charge is 0.367 e. The van der Waals surface area contributed by atoms with Gasteiger partial charge in [-0.15, -0.1) is 23.2 Å². The molecule has 1 saturated carbocycles. The van der Waals surface area contributed by atoms with Gasteiger partial charge in [0.2, 0.25) is 5.91 Å². The van der Waals surface area contributed by atoms with E-state index in [0.29, 0.717) is 17.4 Å². The number of dihydropyridines is 1. The summed E-state index contributed by atoms with van der Waals surface area (Å²) in [5.74, 6) is -0.246. The topological polar surface area (TPSA) is 41.1 Å². The van der Waals surface area contributed by atoms with Gasteiger partial charge in [0.1, 0.15) is 10.2 Å². The molecule has 110 valence electrons. The third-order valence-corrected chi connectivity index (χ3v) is 4.83. The number of carbonyl (C=O) groups excluding carboxylic acids is 1. The van der Waals surface area contributed by atoms with E-state index in [-0.39, 0.29) is 11.8 Å². The summed E-state index contributed by atoms with van der Waals surface area (Å²) in [6, 6.07) is 9.59. The fourth-order valence-corrected chi connectivity index (χ4v) is 3.45. The number of hydrogen-bond donors (Lipinski definition) is 2. The van der Waals surface area contributed by atoms with Crippen molar-refractivity contribution in [1.29, 1.82) is 0 Å². The predicted octanol–water partition coefficient (Wildman–Crippen LogP) is 3.26. The highest BCUT2D eigenvalue weighted by Crippen LogP contribution is 2.64. The normalized spacial score (nSPS) is 26.2. The third kappa shape index (κ3) is 2.91. The molecule has 21 heavy (non-hydrogen) atoms. The molecular formula is C15H13Cl3N2O. The third-order valence-electron chi connectivity index (χ3n) is 3.63. The van der Waals surface area contributed by atoms with Crippen molar-refractivity contribution in [3.05, 3.63) is 58.9 Å². The van der Waals surface area contributed by atoms with E-state index in [0.717, 1.165) is 5.56 Å². The van der Waals surface area contributed by atoms with Crippen LogP contribution in [0.4, 0.5) is 0 Å². The molecule has 2 unspecified atom stereocenters. The van der Waals surface area contributed by atoms with Crippen molar-refractivity contribution >= 4 is 40.7 Å². The van der Waals surface area contributed by atoms with Crippen LogP contribution in [0.1, 0.15) is 11.5 Å². The van der Waals surface area contributed by atoms with Gasteiger partial charge in [0.15, 0.2) is 0 Å². The Hall–Kier alpha value is -1.16. The van der Waals surface area contributed by atoms with Gasteiger partial charge in [-0.2, -0.15) is 0 Å². The van der Waals surface area contributed by atoms with Gasteiger partial charge in [0, 0.05) is 11.0 Å². The first kappa shape index (κ1) is 14.8. The van der Waals surface area contributed by atoms with Gasteiger partial charge in [-0.25, -0.2) is 0 Å². The minimum absolute atomic E-state index is 0.189. The fourth-order valence-electron chi connectivity index (χ4n) is 2.50. The summed E-state index contributed by atoms with van der Waals surface area (Å²) in [5.41, 5.74) is 0.969. The van der Waals surface area contributed by atoms with E-state index < -0.39 is 10.3 Å². The number of halogens is 3. The number of hydrogen-bond acceptors (Lipinski definition) is 2. The molecule has 3 rings (SSSR count). The summed E-state index contributed by atoms with van der Waals surface area (Å²) < 4.78 is -1.06. The number of rotatable bonds is 3. The maximum Gasteiger partial charge on any atom is 0.232 e. The molecule has 0 aromatic heterocycles. The van der Waals surface area contributed by atoms with Gasteiger partial charge in [0.05, 0.1) is 12.5 Å². The lowest BCUT2D eigenvalue weighted by Gasteiger charge is -2.15. The first-order chi connectivity index (χ1) is 10.00. The first-order valence-corrected chi connectivity index (χ1v) is 7.67. The minimum Gasteiger partial charge on any atom is -0.367 e. The van der Waals surface area contributed by atoms with Crippen molar-refractivity contribution in [2.45, 2.75) is 10.3 Å². The summed E-state index contributed by atoms with van der Waals surface area (Å²) in [4.78, 5) is 12.3. The van der Waals surface area contributed by atoms with Crippen LogP contribution in [0.3, 0.4) is 0 Å². The van der Waals surface area contributed by atoms with E-state index in [2.05, 4.69) is 10.6 Å². The van der Waals surface area contributed by atoms with Crippen LogP contribution in [0.5, 0.6) is 0 Å². The molecule has 0 spiro atoms. The second kappa shape index (κ2) is 5.56. The van der Waals surface area contributed by atoms with Crippen LogP contribution in [0, 0.1) is 5.92 Å². The number of amides is 1. The van der Waals surface area contributed by atoms with E-state index >= 15 is 0 Å². The number of nitrogens with one attached hydrogen (secondary N) is 2. The average molecular weight is 344 g/mol. The maximum absolute atomic E-state index is 12.3. The second-order valence-electron chi connectivity index (χ2n) is 5.08. The SMILES string of the molecule is O=C(NC1=CC=C(Cl)CN1)C1C(c2ccccc2)C1(Cl)Cl. The Morgan fingerprint density at radius 3 is 2.57 bits per heavy atom. The highest BCUT2D eigenvalue weighted by atomic mass is 35.5. The zero-order chi connectivity index (χ0) is 15.0. The lowest BCUT2D eigenvalue weighted by atomic mass is 10.1. The van der Waals surface area contributed by atoms with Crippen LogP contribution in [-0.2, 0) is 4.79 Å². The summed E-state index contributed by atoms with van der Waals surface area (Å²) in [6.07, 6.45) is 3.46. The molecule has 1 aromatic carbocycles. The molecule has 1 aromatic rings. The Labute approximate surface area is 137 Å². The molecule has 6 heteroatoms. The molecule has 1 heterocycles. The lowest BCUT2D eigenvalue weighted by Crippen LogP contribution is -2.35. The highest BCUT2D eigenvalue weighted by molar-refractivity contribution is 6.53. The molecule has 2 atom stereocenters. The van der Waals surface area contributed by atoms with Gasteiger partial charge in [0.25, 0.3) is 0 Å².